The van der Waals surface area contributed by atoms with Crippen molar-refractivity contribution < 1.29 is 13.2 Å². The Bertz CT molecular complexity index is 288. The molecule has 0 nitrogen and oxygen atoms in total. The number of hydrogen-bond acceptors (Lipinski definition) is 0. The standard InChI is InChI=1S/C10H11F3/c1-7-4-3-5-9(6-7)8(2)10(11,12)13/h3-6,8H,1-2H3. The fourth-order valence-corrected chi connectivity index (χ4v) is 1.13. The maximum absolute atomic E-state index is 12.3. The van der Waals surface area contributed by atoms with Crippen LogP contribution in [0.1, 0.15) is 24.0 Å². The van der Waals surface area contributed by atoms with Crippen molar-refractivity contribution in [3.63, 3.8) is 0 Å². The highest BCUT2D eigenvalue weighted by molar-refractivity contribution is 5.25. The molecule has 13 heavy (non-hydrogen) atoms. The van der Waals surface area contributed by atoms with E-state index in [1.54, 1.807) is 25.1 Å². The quantitative estimate of drug-likeness (QED) is 0.630. The predicted octanol–water partition coefficient (Wildman–Crippen LogP) is 3.66. The molecule has 72 valence electrons. The molecule has 0 aliphatic carbocycles. The second kappa shape index (κ2) is 3.40. The van der Waals surface area contributed by atoms with Crippen LogP contribution in [0.25, 0.3) is 0 Å². The molecule has 0 heterocycles. The molecule has 0 saturated heterocycles. The first-order valence-electron chi connectivity index (χ1n) is 4.04. The van der Waals surface area contributed by atoms with E-state index < -0.39 is 12.1 Å². The van der Waals surface area contributed by atoms with Gasteiger partial charge in [-0.2, -0.15) is 13.2 Å². The molecule has 0 aliphatic rings. The maximum Gasteiger partial charge on any atom is 0.395 e. The molecule has 1 unspecified atom stereocenters. The van der Waals surface area contributed by atoms with Crippen molar-refractivity contribution in [1.29, 1.82) is 0 Å². The van der Waals surface area contributed by atoms with Crippen molar-refractivity contribution in [2.45, 2.75) is 25.9 Å². The zero-order valence-electron chi connectivity index (χ0n) is 7.52. The van der Waals surface area contributed by atoms with Gasteiger partial charge in [-0.3, -0.25) is 0 Å². The van der Waals surface area contributed by atoms with Crippen molar-refractivity contribution in [3.8, 4) is 0 Å². The van der Waals surface area contributed by atoms with Gasteiger partial charge in [0, 0.05) is 0 Å². The second-order valence-electron chi connectivity index (χ2n) is 3.18. The molecule has 0 bridgehead atoms. The summed E-state index contributed by atoms with van der Waals surface area (Å²) in [5.74, 6) is -1.38. The minimum atomic E-state index is -4.15. The van der Waals surface area contributed by atoms with E-state index in [0.717, 1.165) is 5.56 Å². The summed E-state index contributed by atoms with van der Waals surface area (Å²) in [4.78, 5) is 0. The maximum atomic E-state index is 12.3. The Morgan fingerprint density at radius 2 is 1.85 bits per heavy atom. The lowest BCUT2D eigenvalue weighted by Gasteiger charge is -2.15. The smallest absolute Gasteiger partial charge is 0.170 e. The molecular formula is C10H11F3. The number of hydrogen-bond donors (Lipinski definition) is 0. The molecule has 0 aromatic heterocycles. The first-order chi connectivity index (χ1) is 5.91. The lowest BCUT2D eigenvalue weighted by Crippen LogP contribution is -2.17. The summed E-state index contributed by atoms with van der Waals surface area (Å²) in [6.07, 6.45) is -4.15. The average molecular weight is 188 g/mol. The van der Waals surface area contributed by atoms with Gasteiger partial charge < -0.3 is 0 Å². The number of alkyl halides is 3. The van der Waals surface area contributed by atoms with E-state index in [9.17, 15) is 13.2 Å². The van der Waals surface area contributed by atoms with Gasteiger partial charge >= 0.3 is 6.18 Å². The van der Waals surface area contributed by atoms with E-state index in [0.29, 0.717) is 5.56 Å². The molecule has 0 aliphatic heterocycles. The van der Waals surface area contributed by atoms with Gasteiger partial charge in [0.1, 0.15) is 0 Å². The van der Waals surface area contributed by atoms with E-state index in [1.165, 1.54) is 13.0 Å². The molecule has 1 aromatic rings. The Labute approximate surface area is 75.4 Å². The Balaban J connectivity index is 2.96. The summed E-state index contributed by atoms with van der Waals surface area (Å²) in [5.41, 5.74) is 1.18. The molecule has 0 N–H and O–H groups in total. The summed E-state index contributed by atoms with van der Waals surface area (Å²) in [6, 6.07) is 6.50. The fraction of sp³-hybridized carbons (Fsp3) is 0.400. The molecule has 3 heteroatoms. The predicted molar refractivity (Wildman–Crippen MR) is 45.6 cm³/mol. The SMILES string of the molecule is Cc1cccc(C(C)C(F)(F)F)c1. The lowest BCUT2D eigenvalue weighted by atomic mass is 9.99. The lowest BCUT2D eigenvalue weighted by molar-refractivity contribution is -0.146. The highest BCUT2D eigenvalue weighted by Gasteiger charge is 2.36. The van der Waals surface area contributed by atoms with Crippen LogP contribution in [0.4, 0.5) is 13.2 Å². The number of benzene rings is 1. The summed E-state index contributed by atoms with van der Waals surface area (Å²) in [7, 11) is 0. The fourth-order valence-electron chi connectivity index (χ4n) is 1.13. The Hall–Kier alpha value is -0.990. The minimum Gasteiger partial charge on any atom is -0.170 e. The Morgan fingerprint density at radius 1 is 1.23 bits per heavy atom. The topological polar surface area (TPSA) is 0 Å². The van der Waals surface area contributed by atoms with Crippen LogP contribution in [0, 0.1) is 6.92 Å². The van der Waals surface area contributed by atoms with Crippen molar-refractivity contribution >= 4 is 0 Å². The molecule has 0 radical (unpaired) electrons. The van der Waals surface area contributed by atoms with Gasteiger partial charge in [0.2, 0.25) is 0 Å². The van der Waals surface area contributed by atoms with Crippen molar-refractivity contribution in [1.82, 2.24) is 0 Å². The highest BCUT2D eigenvalue weighted by Crippen LogP contribution is 2.34. The van der Waals surface area contributed by atoms with Crippen LogP contribution in [0.3, 0.4) is 0 Å². The van der Waals surface area contributed by atoms with Crippen LogP contribution >= 0.6 is 0 Å². The van der Waals surface area contributed by atoms with Crippen LogP contribution in [0.15, 0.2) is 24.3 Å². The van der Waals surface area contributed by atoms with Gasteiger partial charge in [0.05, 0.1) is 5.92 Å². The summed E-state index contributed by atoms with van der Waals surface area (Å²) in [6.45, 7) is 2.96. The summed E-state index contributed by atoms with van der Waals surface area (Å²) >= 11 is 0. The van der Waals surface area contributed by atoms with Gasteiger partial charge in [-0.1, -0.05) is 29.8 Å². The van der Waals surface area contributed by atoms with Gasteiger partial charge in [0.15, 0.2) is 0 Å². The molecule has 1 aromatic carbocycles. The first kappa shape index (κ1) is 10.1. The van der Waals surface area contributed by atoms with Gasteiger partial charge in [-0.15, -0.1) is 0 Å². The zero-order chi connectivity index (χ0) is 10.1. The van der Waals surface area contributed by atoms with Crippen molar-refractivity contribution in [2.24, 2.45) is 0 Å². The van der Waals surface area contributed by atoms with E-state index in [4.69, 9.17) is 0 Å². The van der Waals surface area contributed by atoms with Gasteiger partial charge in [-0.25, -0.2) is 0 Å². The normalized spacial score (nSPS) is 14.2. The molecule has 0 spiro atoms. The van der Waals surface area contributed by atoms with Crippen LogP contribution in [-0.2, 0) is 0 Å². The van der Waals surface area contributed by atoms with Gasteiger partial charge in [0.25, 0.3) is 0 Å². The molecular weight excluding hydrogens is 177 g/mol. The van der Waals surface area contributed by atoms with E-state index in [-0.39, 0.29) is 0 Å². The molecule has 0 amide bonds. The highest BCUT2D eigenvalue weighted by atomic mass is 19.4. The monoisotopic (exact) mass is 188 g/mol. The molecule has 1 atom stereocenters. The third kappa shape index (κ3) is 2.47. The van der Waals surface area contributed by atoms with Crippen LogP contribution < -0.4 is 0 Å². The van der Waals surface area contributed by atoms with Crippen LogP contribution in [-0.4, -0.2) is 6.18 Å². The van der Waals surface area contributed by atoms with E-state index in [2.05, 4.69) is 0 Å². The van der Waals surface area contributed by atoms with Crippen LogP contribution in [0.5, 0.6) is 0 Å². The number of halogens is 3. The second-order valence-corrected chi connectivity index (χ2v) is 3.18. The van der Waals surface area contributed by atoms with Crippen molar-refractivity contribution in [2.75, 3.05) is 0 Å². The third-order valence-electron chi connectivity index (χ3n) is 2.03. The van der Waals surface area contributed by atoms with Crippen molar-refractivity contribution in [3.05, 3.63) is 35.4 Å². The first-order valence-corrected chi connectivity index (χ1v) is 4.04. The largest absolute Gasteiger partial charge is 0.395 e. The summed E-state index contributed by atoms with van der Waals surface area (Å²) < 4.78 is 36.8. The number of rotatable bonds is 1. The Morgan fingerprint density at radius 3 is 2.31 bits per heavy atom. The van der Waals surface area contributed by atoms with Crippen LogP contribution in [0.2, 0.25) is 0 Å². The molecule has 1 rings (SSSR count). The Kier molecular flexibility index (Phi) is 2.64. The summed E-state index contributed by atoms with van der Waals surface area (Å²) in [5, 5.41) is 0. The molecule has 0 fully saturated rings. The average Bonchev–Trinajstić information content (AvgIpc) is 2.01. The third-order valence-corrected chi connectivity index (χ3v) is 2.03. The molecule has 0 saturated carbocycles. The zero-order valence-corrected chi connectivity index (χ0v) is 7.52. The van der Waals surface area contributed by atoms with E-state index >= 15 is 0 Å². The number of aryl methyl sites for hydroxylation is 1. The minimum absolute atomic E-state index is 0.326. The van der Waals surface area contributed by atoms with Gasteiger partial charge in [-0.05, 0) is 19.4 Å². The van der Waals surface area contributed by atoms with E-state index in [1.807, 2.05) is 0 Å².